The zero-order valence-electron chi connectivity index (χ0n) is 5.73. The molecule has 1 aromatic rings. The van der Waals surface area contributed by atoms with E-state index in [1.807, 2.05) is 0 Å². The molecule has 60 valence electrons. The Morgan fingerprint density at radius 2 is 2.55 bits per heavy atom. The molecule has 5 nitrogen and oxygen atoms in total. The molecule has 0 spiro atoms. The van der Waals surface area contributed by atoms with Crippen molar-refractivity contribution in [3.63, 3.8) is 0 Å². The summed E-state index contributed by atoms with van der Waals surface area (Å²) in [6.45, 7) is 0. The highest BCUT2D eigenvalue weighted by molar-refractivity contribution is 5.73. The molecule has 0 aromatic carbocycles. The summed E-state index contributed by atoms with van der Waals surface area (Å²) in [7, 11) is 1.48. The number of aromatic nitrogens is 3. The first-order valence-electron chi connectivity index (χ1n) is 2.84. The topological polar surface area (TPSA) is 68.0 Å². The van der Waals surface area contributed by atoms with Crippen molar-refractivity contribution >= 4 is 5.97 Å². The van der Waals surface area contributed by atoms with Gasteiger partial charge in [-0.15, -0.1) is 0 Å². The number of carbonyl (C=O) groups is 1. The molecule has 0 bridgehead atoms. The van der Waals surface area contributed by atoms with Crippen LogP contribution in [0, 0.1) is 0 Å². The number of carboxylic acids is 1. The lowest BCUT2D eigenvalue weighted by molar-refractivity contribution is -0.143. The van der Waals surface area contributed by atoms with Crippen LogP contribution in [0.5, 0.6) is 0 Å². The fraction of sp³-hybridized carbons (Fsp3) is 0.400. The average molecular weight is 159 g/mol. The monoisotopic (exact) mass is 159 g/mol. The third-order valence-electron chi connectivity index (χ3n) is 1.09. The number of alkyl halides is 1. The summed E-state index contributed by atoms with van der Waals surface area (Å²) in [5, 5.41) is 15.2. The van der Waals surface area contributed by atoms with E-state index in [-0.39, 0.29) is 5.69 Å². The van der Waals surface area contributed by atoms with Crippen molar-refractivity contribution in [3.05, 3.63) is 11.9 Å². The first-order valence-corrected chi connectivity index (χ1v) is 2.84. The number of hydrogen-bond acceptors (Lipinski definition) is 3. The van der Waals surface area contributed by atoms with Crippen LogP contribution in [0.3, 0.4) is 0 Å². The van der Waals surface area contributed by atoms with Gasteiger partial charge in [0.1, 0.15) is 5.69 Å². The number of hydrogen-bond donors (Lipinski definition) is 1. The summed E-state index contributed by atoms with van der Waals surface area (Å²) in [6, 6.07) is 0. The van der Waals surface area contributed by atoms with Gasteiger partial charge in [-0.05, 0) is 0 Å². The maximum Gasteiger partial charge on any atom is 0.344 e. The number of aryl methyl sites for hydroxylation is 1. The van der Waals surface area contributed by atoms with Gasteiger partial charge >= 0.3 is 5.97 Å². The summed E-state index contributed by atoms with van der Waals surface area (Å²) in [6.07, 6.45) is -0.998. The molecule has 0 aliphatic rings. The van der Waals surface area contributed by atoms with E-state index in [9.17, 15) is 9.18 Å². The van der Waals surface area contributed by atoms with E-state index in [4.69, 9.17) is 5.11 Å². The summed E-state index contributed by atoms with van der Waals surface area (Å²) in [5.41, 5.74) is -0.181. The summed E-state index contributed by atoms with van der Waals surface area (Å²) in [4.78, 5) is 11.2. The van der Waals surface area contributed by atoms with Gasteiger partial charge in [-0.3, -0.25) is 0 Å². The van der Waals surface area contributed by atoms with Gasteiger partial charge in [0.05, 0.1) is 6.20 Å². The van der Waals surface area contributed by atoms with E-state index in [1.165, 1.54) is 7.05 Å². The van der Waals surface area contributed by atoms with Crippen LogP contribution in [-0.2, 0) is 11.8 Å². The Morgan fingerprint density at radius 3 is 2.91 bits per heavy atom. The minimum absolute atomic E-state index is 0.181. The lowest BCUT2D eigenvalue weighted by Crippen LogP contribution is -2.07. The number of aliphatic carboxylic acids is 1. The van der Waals surface area contributed by atoms with Crippen LogP contribution in [-0.4, -0.2) is 26.1 Å². The quantitative estimate of drug-likeness (QED) is 0.654. The molecular weight excluding hydrogens is 153 g/mol. The summed E-state index contributed by atoms with van der Waals surface area (Å²) in [5.74, 6) is -1.55. The van der Waals surface area contributed by atoms with Crippen LogP contribution < -0.4 is 0 Å². The average Bonchev–Trinajstić information content (AvgIpc) is 2.34. The minimum atomic E-state index is -2.08. The van der Waals surface area contributed by atoms with Crippen LogP contribution in [0.4, 0.5) is 4.39 Å². The number of carboxylic acid groups (broad SMARTS) is 1. The number of halogens is 1. The molecule has 1 unspecified atom stereocenters. The van der Waals surface area contributed by atoms with Crippen LogP contribution in [0.1, 0.15) is 11.9 Å². The van der Waals surface area contributed by atoms with Gasteiger partial charge in [0.15, 0.2) is 0 Å². The van der Waals surface area contributed by atoms with Gasteiger partial charge < -0.3 is 5.11 Å². The summed E-state index contributed by atoms with van der Waals surface area (Å²) >= 11 is 0. The first kappa shape index (κ1) is 7.64. The van der Waals surface area contributed by atoms with Crippen molar-refractivity contribution in [3.8, 4) is 0 Å². The van der Waals surface area contributed by atoms with Gasteiger partial charge in [-0.25, -0.2) is 9.18 Å². The Morgan fingerprint density at radius 1 is 1.91 bits per heavy atom. The van der Waals surface area contributed by atoms with E-state index in [2.05, 4.69) is 10.2 Å². The molecule has 1 atom stereocenters. The molecule has 0 radical (unpaired) electrons. The molecule has 1 aromatic heterocycles. The highest BCUT2D eigenvalue weighted by Gasteiger charge is 2.21. The van der Waals surface area contributed by atoms with E-state index >= 15 is 0 Å². The number of rotatable bonds is 2. The van der Waals surface area contributed by atoms with Gasteiger partial charge in [-0.1, -0.05) is 0 Å². The van der Waals surface area contributed by atoms with Crippen molar-refractivity contribution in [2.45, 2.75) is 6.17 Å². The zero-order valence-corrected chi connectivity index (χ0v) is 5.73. The maximum atomic E-state index is 12.6. The highest BCUT2D eigenvalue weighted by atomic mass is 19.1. The summed E-state index contributed by atoms with van der Waals surface area (Å²) < 4.78 is 12.6. The Balaban J connectivity index is 2.84. The molecule has 6 heteroatoms. The van der Waals surface area contributed by atoms with Crippen LogP contribution >= 0.6 is 0 Å². The van der Waals surface area contributed by atoms with E-state index < -0.39 is 12.1 Å². The normalized spacial score (nSPS) is 12.9. The Hall–Kier alpha value is -1.46. The molecular formula is C5H6FN3O2. The third-order valence-corrected chi connectivity index (χ3v) is 1.09. The fourth-order valence-corrected chi connectivity index (χ4v) is 0.604. The van der Waals surface area contributed by atoms with Crippen LogP contribution in [0.15, 0.2) is 6.20 Å². The van der Waals surface area contributed by atoms with Crippen molar-refractivity contribution < 1.29 is 14.3 Å². The standard InChI is InChI=1S/C5H6FN3O2/c1-9-7-2-3(8-9)4(6)5(10)11/h2,4H,1H3,(H,10,11). The SMILES string of the molecule is Cn1ncc(C(F)C(=O)O)n1. The van der Waals surface area contributed by atoms with Crippen molar-refractivity contribution in [1.29, 1.82) is 0 Å². The predicted octanol–water partition coefficient (Wildman–Crippen LogP) is -0.0897. The van der Waals surface area contributed by atoms with Crippen LogP contribution in [0.2, 0.25) is 0 Å². The lowest BCUT2D eigenvalue weighted by atomic mass is 10.3. The molecule has 1 rings (SSSR count). The zero-order chi connectivity index (χ0) is 8.43. The second-order valence-corrected chi connectivity index (χ2v) is 1.96. The molecule has 0 amide bonds. The Bertz CT molecular complexity index is 272. The molecule has 1 N–H and O–H groups in total. The smallest absolute Gasteiger partial charge is 0.344 e. The minimum Gasteiger partial charge on any atom is -0.479 e. The second-order valence-electron chi connectivity index (χ2n) is 1.96. The predicted molar refractivity (Wildman–Crippen MR) is 32.5 cm³/mol. The van der Waals surface area contributed by atoms with E-state index in [0.29, 0.717) is 0 Å². The molecule has 1 heterocycles. The maximum absolute atomic E-state index is 12.6. The van der Waals surface area contributed by atoms with E-state index in [1.54, 1.807) is 0 Å². The second kappa shape index (κ2) is 2.65. The molecule has 0 aliphatic heterocycles. The molecule has 0 aliphatic carbocycles. The third kappa shape index (κ3) is 1.51. The number of nitrogens with zero attached hydrogens (tertiary/aromatic N) is 3. The van der Waals surface area contributed by atoms with Gasteiger partial charge in [0, 0.05) is 7.05 Å². The highest BCUT2D eigenvalue weighted by Crippen LogP contribution is 2.12. The van der Waals surface area contributed by atoms with Gasteiger partial charge in [0.2, 0.25) is 6.17 Å². The van der Waals surface area contributed by atoms with Gasteiger partial charge in [-0.2, -0.15) is 15.0 Å². The fourth-order valence-electron chi connectivity index (χ4n) is 0.604. The molecule has 0 fully saturated rings. The molecule has 0 saturated heterocycles. The lowest BCUT2D eigenvalue weighted by Gasteiger charge is -1.94. The van der Waals surface area contributed by atoms with Crippen LogP contribution in [0.25, 0.3) is 0 Å². The van der Waals surface area contributed by atoms with Crippen molar-refractivity contribution in [2.75, 3.05) is 0 Å². The van der Waals surface area contributed by atoms with Crippen molar-refractivity contribution in [2.24, 2.45) is 7.05 Å². The van der Waals surface area contributed by atoms with E-state index in [0.717, 1.165) is 11.0 Å². The Labute approximate surface area is 61.4 Å². The Kier molecular flexibility index (Phi) is 1.84. The molecule has 11 heavy (non-hydrogen) atoms. The first-order chi connectivity index (χ1) is 5.11. The van der Waals surface area contributed by atoms with Crippen molar-refractivity contribution in [1.82, 2.24) is 15.0 Å². The van der Waals surface area contributed by atoms with Gasteiger partial charge in [0.25, 0.3) is 0 Å². The largest absolute Gasteiger partial charge is 0.479 e. The molecule has 0 saturated carbocycles.